The van der Waals surface area contributed by atoms with Crippen LogP contribution in [0.1, 0.15) is 5.56 Å². The lowest BCUT2D eigenvalue weighted by atomic mass is 10.2. The Morgan fingerprint density at radius 3 is 2.79 bits per heavy atom. The molecule has 0 aromatic heterocycles. The lowest BCUT2D eigenvalue weighted by Crippen LogP contribution is -1.90. The second-order valence-electron chi connectivity index (χ2n) is 2.71. The predicted octanol–water partition coefficient (Wildman–Crippen LogP) is 1.38. The minimum atomic E-state index is -0.994. The number of carboxylic acids is 1. The Labute approximate surface area is 81.6 Å². The Morgan fingerprint density at radius 2 is 2.21 bits per heavy atom. The molecule has 0 aliphatic heterocycles. The maximum Gasteiger partial charge on any atom is 0.328 e. The zero-order valence-electron chi connectivity index (χ0n) is 7.73. The van der Waals surface area contributed by atoms with E-state index in [9.17, 15) is 4.79 Å². The smallest absolute Gasteiger partial charge is 0.328 e. The van der Waals surface area contributed by atoms with E-state index in [1.165, 1.54) is 13.2 Å². The van der Waals surface area contributed by atoms with Gasteiger partial charge in [0.2, 0.25) is 0 Å². The van der Waals surface area contributed by atoms with Gasteiger partial charge >= 0.3 is 5.97 Å². The van der Waals surface area contributed by atoms with Crippen LogP contribution in [-0.2, 0) is 4.79 Å². The summed E-state index contributed by atoms with van der Waals surface area (Å²) in [5, 5.41) is 8.42. The highest BCUT2D eigenvalue weighted by Gasteiger charge is 1.96. The van der Waals surface area contributed by atoms with Crippen molar-refractivity contribution in [1.29, 1.82) is 0 Å². The lowest BCUT2D eigenvalue weighted by molar-refractivity contribution is -0.131. The number of carbonyl (C=O) groups is 1. The quantitative estimate of drug-likeness (QED) is 0.561. The van der Waals surface area contributed by atoms with Crippen molar-refractivity contribution in [2.45, 2.75) is 0 Å². The van der Waals surface area contributed by atoms with Crippen LogP contribution in [0.5, 0.6) is 5.75 Å². The van der Waals surface area contributed by atoms with Gasteiger partial charge in [0.15, 0.2) is 0 Å². The predicted molar refractivity (Wildman–Crippen MR) is 54.1 cm³/mol. The first-order valence-corrected chi connectivity index (χ1v) is 3.97. The van der Waals surface area contributed by atoms with Crippen LogP contribution in [0.15, 0.2) is 24.3 Å². The zero-order chi connectivity index (χ0) is 10.6. The molecule has 14 heavy (non-hydrogen) atoms. The van der Waals surface area contributed by atoms with Gasteiger partial charge in [0.05, 0.1) is 7.11 Å². The molecule has 0 aliphatic carbocycles. The molecule has 1 rings (SSSR count). The number of rotatable bonds is 3. The van der Waals surface area contributed by atoms with Crippen molar-refractivity contribution in [3.8, 4) is 5.75 Å². The van der Waals surface area contributed by atoms with Crippen molar-refractivity contribution in [2.75, 3.05) is 12.8 Å². The minimum Gasteiger partial charge on any atom is -0.497 e. The van der Waals surface area contributed by atoms with Crippen molar-refractivity contribution < 1.29 is 14.6 Å². The lowest BCUT2D eigenvalue weighted by Gasteiger charge is -2.02. The summed E-state index contributed by atoms with van der Waals surface area (Å²) in [6.45, 7) is 0. The summed E-state index contributed by atoms with van der Waals surface area (Å²) in [5.41, 5.74) is 6.81. The summed E-state index contributed by atoms with van der Waals surface area (Å²) in [5.74, 6) is -0.388. The van der Waals surface area contributed by atoms with Gasteiger partial charge in [0.1, 0.15) is 5.75 Å². The van der Waals surface area contributed by atoms with E-state index < -0.39 is 5.97 Å². The maximum absolute atomic E-state index is 10.3. The van der Waals surface area contributed by atoms with Gasteiger partial charge in [-0.05, 0) is 23.8 Å². The first-order chi connectivity index (χ1) is 6.61. The van der Waals surface area contributed by atoms with Gasteiger partial charge in [-0.1, -0.05) is 0 Å². The molecule has 0 spiro atoms. The van der Waals surface area contributed by atoms with E-state index in [2.05, 4.69) is 0 Å². The summed E-state index contributed by atoms with van der Waals surface area (Å²) in [6, 6.07) is 5.04. The number of benzene rings is 1. The molecule has 0 atom stereocenters. The SMILES string of the molecule is COc1cc(N)cc(C=CC(=O)O)c1. The molecular formula is C10H11NO3. The number of nitrogen functional groups attached to an aromatic ring is 1. The summed E-state index contributed by atoms with van der Waals surface area (Å²) >= 11 is 0. The van der Waals surface area contributed by atoms with Crippen LogP contribution in [0.2, 0.25) is 0 Å². The Kier molecular flexibility index (Phi) is 3.12. The fourth-order valence-corrected chi connectivity index (χ4v) is 1.03. The molecule has 0 heterocycles. The topological polar surface area (TPSA) is 72.5 Å². The number of hydrogen-bond donors (Lipinski definition) is 2. The molecule has 0 unspecified atom stereocenters. The molecule has 74 valence electrons. The summed E-state index contributed by atoms with van der Waals surface area (Å²) < 4.78 is 4.98. The summed E-state index contributed by atoms with van der Waals surface area (Å²) in [4.78, 5) is 10.3. The highest BCUT2D eigenvalue weighted by molar-refractivity contribution is 5.85. The van der Waals surface area contributed by atoms with Crippen molar-refractivity contribution in [3.05, 3.63) is 29.8 Å². The molecule has 1 aromatic carbocycles. The van der Waals surface area contributed by atoms with E-state index in [4.69, 9.17) is 15.6 Å². The Bertz CT molecular complexity index is 372. The first kappa shape index (κ1) is 10.1. The Balaban J connectivity index is 2.97. The van der Waals surface area contributed by atoms with Gasteiger partial charge in [-0.15, -0.1) is 0 Å². The molecule has 0 saturated heterocycles. The van der Waals surface area contributed by atoms with Crippen molar-refractivity contribution in [3.63, 3.8) is 0 Å². The van der Waals surface area contributed by atoms with Crippen LogP contribution < -0.4 is 10.5 Å². The summed E-state index contributed by atoms with van der Waals surface area (Å²) in [6.07, 6.45) is 2.51. The van der Waals surface area contributed by atoms with E-state index in [1.807, 2.05) is 0 Å². The highest BCUT2D eigenvalue weighted by Crippen LogP contribution is 2.19. The maximum atomic E-state index is 10.3. The Hall–Kier alpha value is -1.97. The third-order valence-corrected chi connectivity index (χ3v) is 1.61. The van der Waals surface area contributed by atoms with Crippen LogP contribution in [0.4, 0.5) is 5.69 Å². The molecule has 3 N–H and O–H groups in total. The molecule has 0 bridgehead atoms. The van der Waals surface area contributed by atoms with Gasteiger partial charge in [-0.25, -0.2) is 4.79 Å². The number of carboxylic acid groups (broad SMARTS) is 1. The highest BCUT2D eigenvalue weighted by atomic mass is 16.5. The van der Waals surface area contributed by atoms with Crippen LogP contribution in [0.25, 0.3) is 6.08 Å². The van der Waals surface area contributed by atoms with Gasteiger partial charge in [-0.3, -0.25) is 0 Å². The minimum absolute atomic E-state index is 0.536. The first-order valence-electron chi connectivity index (χ1n) is 3.97. The number of nitrogens with two attached hydrogens (primary N) is 1. The second kappa shape index (κ2) is 4.32. The normalized spacial score (nSPS) is 10.4. The third kappa shape index (κ3) is 2.82. The largest absolute Gasteiger partial charge is 0.497 e. The van der Waals surface area contributed by atoms with E-state index in [-0.39, 0.29) is 0 Å². The monoisotopic (exact) mass is 193 g/mol. The third-order valence-electron chi connectivity index (χ3n) is 1.61. The molecule has 0 amide bonds. The van der Waals surface area contributed by atoms with Crippen molar-refractivity contribution in [1.82, 2.24) is 0 Å². The van der Waals surface area contributed by atoms with E-state index in [1.54, 1.807) is 18.2 Å². The average Bonchev–Trinajstić information content (AvgIpc) is 2.14. The fourth-order valence-electron chi connectivity index (χ4n) is 1.03. The second-order valence-corrected chi connectivity index (χ2v) is 2.71. The van der Waals surface area contributed by atoms with Crippen molar-refractivity contribution >= 4 is 17.7 Å². The number of aliphatic carboxylic acids is 1. The van der Waals surface area contributed by atoms with Crippen LogP contribution in [-0.4, -0.2) is 18.2 Å². The van der Waals surface area contributed by atoms with Gasteiger partial charge in [0, 0.05) is 17.8 Å². The van der Waals surface area contributed by atoms with Crippen LogP contribution in [0.3, 0.4) is 0 Å². The fraction of sp³-hybridized carbons (Fsp3) is 0.100. The molecule has 4 heteroatoms. The number of ether oxygens (including phenoxy) is 1. The van der Waals surface area contributed by atoms with Crippen LogP contribution >= 0.6 is 0 Å². The van der Waals surface area contributed by atoms with Gasteiger partial charge in [0.25, 0.3) is 0 Å². The number of anilines is 1. The van der Waals surface area contributed by atoms with Gasteiger partial charge < -0.3 is 15.6 Å². The van der Waals surface area contributed by atoms with Crippen LogP contribution in [0, 0.1) is 0 Å². The van der Waals surface area contributed by atoms with E-state index in [0.717, 1.165) is 6.08 Å². The zero-order valence-corrected chi connectivity index (χ0v) is 7.73. The van der Waals surface area contributed by atoms with Gasteiger partial charge in [-0.2, -0.15) is 0 Å². The molecular weight excluding hydrogens is 182 g/mol. The van der Waals surface area contributed by atoms with E-state index >= 15 is 0 Å². The molecule has 4 nitrogen and oxygen atoms in total. The Morgan fingerprint density at radius 1 is 1.50 bits per heavy atom. The molecule has 0 aliphatic rings. The number of methoxy groups -OCH3 is 1. The van der Waals surface area contributed by atoms with Crippen molar-refractivity contribution in [2.24, 2.45) is 0 Å². The molecule has 0 fully saturated rings. The molecule has 0 saturated carbocycles. The molecule has 1 aromatic rings. The average molecular weight is 193 g/mol. The van der Waals surface area contributed by atoms with E-state index in [0.29, 0.717) is 17.0 Å². The number of hydrogen-bond acceptors (Lipinski definition) is 3. The summed E-state index contributed by atoms with van der Waals surface area (Å²) in [7, 11) is 1.53. The standard InChI is InChI=1S/C10H11NO3/c1-14-9-5-7(2-3-10(12)13)4-8(11)6-9/h2-6H,11H2,1H3,(H,12,13). The molecule has 0 radical (unpaired) electrons.